The molecular formula is C16H17N5O4S. The molecule has 0 spiro atoms. The van der Waals surface area contributed by atoms with Crippen molar-refractivity contribution in [3.8, 4) is 11.5 Å². The first kappa shape index (κ1) is 17.8. The zero-order chi connectivity index (χ0) is 18.9. The number of hydrogen-bond acceptors (Lipinski definition) is 7. The molecule has 3 rings (SSSR count). The number of nitrogens with zero attached hydrogens (tertiary/aromatic N) is 4. The van der Waals surface area contributed by atoms with Crippen LogP contribution in [0.15, 0.2) is 39.8 Å². The number of carbonyl (C=O) groups is 1. The lowest BCUT2D eigenvalue weighted by Gasteiger charge is -2.01. The van der Waals surface area contributed by atoms with Gasteiger partial charge in [-0.2, -0.15) is 5.10 Å². The molecule has 2 aromatic heterocycles. The second-order valence-electron chi connectivity index (χ2n) is 5.63. The molecular weight excluding hydrogens is 358 g/mol. The Labute approximate surface area is 150 Å². The average molecular weight is 375 g/mol. The van der Waals surface area contributed by atoms with Gasteiger partial charge in [0, 0.05) is 24.4 Å². The van der Waals surface area contributed by atoms with Crippen LogP contribution in [0.3, 0.4) is 0 Å². The van der Waals surface area contributed by atoms with Crippen LogP contribution in [0.25, 0.3) is 11.5 Å². The quantitative estimate of drug-likeness (QED) is 0.722. The van der Waals surface area contributed by atoms with Gasteiger partial charge in [0.2, 0.25) is 5.89 Å². The second-order valence-corrected chi connectivity index (χ2v) is 7.91. The first-order valence-electron chi connectivity index (χ1n) is 7.78. The van der Waals surface area contributed by atoms with E-state index in [-0.39, 0.29) is 28.2 Å². The van der Waals surface area contributed by atoms with E-state index in [1.165, 1.54) is 16.8 Å². The number of carbonyl (C=O) groups excluding carboxylic acids is 1. The van der Waals surface area contributed by atoms with Gasteiger partial charge in [0.25, 0.3) is 5.91 Å². The van der Waals surface area contributed by atoms with Gasteiger partial charge in [-0.3, -0.25) is 14.8 Å². The summed E-state index contributed by atoms with van der Waals surface area (Å²) in [7, 11) is -1.55. The summed E-state index contributed by atoms with van der Waals surface area (Å²) in [5.41, 5.74) is 1.53. The number of aryl methyl sites for hydroxylation is 2. The maximum atomic E-state index is 12.2. The molecule has 136 valence electrons. The van der Waals surface area contributed by atoms with E-state index in [0.717, 1.165) is 5.56 Å². The van der Waals surface area contributed by atoms with Gasteiger partial charge in [-0.1, -0.05) is 12.0 Å². The van der Waals surface area contributed by atoms with Crippen LogP contribution < -0.4 is 5.32 Å². The first-order valence-corrected chi connectivity index (χ1v) is 9.43. The third-order valence-corrected chi connectivity index (χ3v) is 5.46. The van der Waals surface area contributed by atoms with Crippen LogP contribution in [-0.2, 0) is 16.9 Å². The molecule has 3 aromatic rings. The standard InChI is InChI=1S/C16H17N5O4S/c1-4-26(23,24)12-7-5-11(6-8-12)15-18-19-16(25-15)17-14(22)13-10(2)9-21(3)20-13/h5-9H,4H2,1-3H3,(H,17,19,22). The van der Waals surface area contributed by atoms with Gasteiger partial charge in [-0.05, 0) is 31.2 Å². The van der Waals surface area contributed by atoms with Crippen LogP contribution in [-0.4, -0.2) is 40.1 Å². The van der Waals surface area contributed by atoms with Crippen molar-refractivity contribution in [1.29, 1.82) is 0 Å². The summed E-state index contributed by atoms with van der Waals surface area (Å²) in [5.74, 6) is -0.267. The monoisotopic (exact) mass is 375 g/mol. The minimum absolute atomic E-state index is 0.0238. The van der Waals surface area contributed by atoms with E-state index >= 15 is 0 Å². The molecule has 0 aliphatic heterocycles. The van der Waals surface area contributed by atoms with Gasteiger partial charge >= 0.3 is 6.01 Å². The lowest BCUT2D eigenvalue weighted by atomic mass is 10.2. The number of hydrogen-bond donors (Lipinski definition) is 1. The Bertz CT molecular complexity index is 1050. The zero-order valence-corrected chi connectivity index (χ0v) is 15.2. The molecule has 0 bridgehead atoms. The fourth-order valence-electron chi connectivity index (χ4n) is 2.35. The molecule has 10 heteroatoms. The average Bonchev–Trinajstić information content (AvgIpc) is 3.21. The second kappa shape index (κ2) is 6.71. The van der Waals surface area contributed by atoms with Gasteiger partial charge < -0.3 is 4.42 Å². The molecule has 1 N–H and O–H groups in total. The van der Waals surface area contributed by atoms with Crippen LogP contribution >= 0.6 is 0 Å². The highest BCUT2D eigenvalue weighted by molar-refractivity contribution is 7.91. The Balaban J connectivity index is 1.78. The molecule has 0 radical (unpaired) electrons. The SMILES string of the molecule is CCS(=O)(=O)c1ccc(-c2nnc(NC(=O)c3nn(C)cc3C)o2)cc1. The van der Waals surface area contributed by atoms with Crippen LogP contribution in [0.5, 0.6) is 0 Å². The largest absolute Gasteiger partial charge is 0.403 e. The Hall–Kier alpha value is -3.01. The summed E-state index contributed by atoms with van der Waals surface area (Å²) in [4.78, 5) is 12.4. The number of rotatable bonds is 5. The number of amides is 1. The molecule has 2 heterocycles. The van der Waals surface area contributed by atoms with Gasteiger partial charge in [0.05, 0.1) is 10.6 Å². The summed E-state index contributed by atoms with van der Waals surface area (Å²) < 4.78 is 30.6. The highest BCUT2D eigenvalue weighted by Crippen LogP contribution is 2.22. The summed E-state index contributed by atoms with van der Waals surface area (Å²) in [6.45, 7) is 3.35. The van der Waals surface area contributed by atoms with Crippen LogP contribution in [0.1, 0.15) is 23.0 Å². The molecule has 0 aliphatic carbocycles. The summed E-state index contributed by atoms with van der Waals surface area (Å²) in [6.07, 6.45) is 1.72. The molecule has 9 nitrogen and oxygen atoms in total. The smallest absolute Gasteiger partial charge is 0.322 e. The Morgan fingerprint density at radius 1 is 1.23 bits per heavy atom. The highest BCUT2D eigenvalue weighted by Gasteiger charge is 2.17. The van der Waals surface area contributed by atoms with Gasteiger partial charge in [-0.15, -0.1) is 5.10 Å². The topological polar surface area (TPSA) is 120 Å². The molecule has 1 aromatic carbocycles. The molecule has 0 fully saturated rings. The number of aromatic nitrogens is 4. The molecule has 26 heavy (non-hydrogen) atoms. The van der Waals surface area contributed by atoms with Gasteiger partial charge in [-0.25, -0.2) is 8.42 Å². The van der Waals surface area contributed by atoms with Crippen molar-refractivity contribution in [2.24, 2.45) is 7.05 Å². The lowest BCUT2D eigenvalue weighted by molar-refractivity contribution is 0.101. The van der Waals surface area contributed by atoms with Gasteiger partial charge in [0.1, 0.15) is 0 Å². The number of anilines is 1. The zero-order valence-electron chi connectivity index (χ0n) is 14.4. The molecule has 0 saturated heterocycles. The fraction of sp³-hybridized carbons (Fsp3) is 0.250. The van der Waals surface area contributed by atoms with Crippen molar-refractivity contribution in [3.05, 3.63) is 41.7 Å². The fourth-order valence-corrected chi connectivity index (χ4v) is 3.23. The van der Waals surface area contributed by atoms with Crippen LogP contribution in [0, 0.1) is 6.92 Å². The first-order chi connectivity index (χ1) is 12.3. The number of benzene rings is 1. The number of sulfone groups is 1. The molecule has 0 saturated carbocycles. The van der Waals surface area contributed by atoms with Crippen molar-refractivity contribution in [2.45, 2.75) is 18.7 Å². The maximum absolute atomic E-state index is 12.2. The minimum atomic E-state index is -3.27. The Morgan fingerprint density at radius 3 is 2.50 bits per heavy atom. The van der Waals surface area contributed by atoms with E-state index in [4.69, 9.17) is 4.42 Å². The van der Waals surface area contributed by atoms with E-state index in [1.54, 1.807) is 39.2 Å². The molecule has 1 amide bonds. The predicted octanol–water partition coefficient (Wildman–Crippen LogP) is 1.82. The minimum Gasteiger partial charge on any atom is -0.403 e. The van der Waals surface area contributed by atoms with E-state index in [9.17, 15) is 13.2 Å². The Kier molecular flexibility index (Phi) is 4.60. The van der Waals surface area contributed by atoms with E-state index in [2.05, 4.69) is 20.6 Å². The summed E-state index contributed by atoms with van der Waals surface area (Å²) in [6, 6.07) is 6.04. The third-order valence-electron chi connectivity index (χ3n) is 3.71. The van der Waals surface area contributed by atoms with E-state index < -0.39 is 15.7 Å². The third kappa shape index (κ3) is 3.49. The lowest BCUT2D eigenvalue weighted by Crippen LogP contribution is -2.14. The number of nitrogens with one attached hydrogen (secondary N) is 1. The van der Waals surface area contributed by atoms with Crippen LogP contribution in [0.2, 0.25) is 0 Å². The van der Waals surface area contributed by atoms with Crippen LogP contribution in [0.4, 0.5) is 6.01 Å². The maximum Gasteiger partial charge on any atom is 0.322 e. The predicted molar refractivity (Wildman–Crippen MR) is 93.4 cm³/mol. The summed E-state index contributed by atoms with van der Waals surface area (Å²) >= 11 is 0. The summed E-state index contributed by atoms with van der Waals surface area (Å²) in [5, 5.41) is 14.2. The normalized spacial score (nSPS) is 11.5. The Morgan fingerprint density at radius 2 is 1.92 bits per heavy atom. The van der Waals surface area contributed by atoms with E-state index in [1.807, 2.05) is 0 Å². The van der Waals surface area contributed by atoms with Gasteiger partial charge in [0.15, 0.2) is 15.5 Å². The van der Waals surface area contributed by atoms with Crippen molar-refractivity contribution >= 4 is 21.8 Å². The molecule has 0 aliphatic rings. The van der Waals surface area contributed by atoms with E-state index in [0.29, 0.717) is 5.56 Å². The highest BCUT2D eigenvalue weighted by atomic mass is 32.2. The van der Waals surface area contributed by atoms with Crippen molar-refractivity contribution < 1.29 is 17.6 Å². The molecule has 0 atom stereocenters. The molecule has 0 unspecified atom stereocenters. The van der Waals surface area contributed by atoms with Crippen molar-refractivity contribution in [3.63, 3.8) is 0 Å². The van der Waals surface area contributed by atoms with Crippen molar-refractivity contribution in [1.82, 2.24) is 20.0 Å². The van der Waals surface area contributed by atoms with Crippen molar-refractivity contribution in [2.75, 3.05) is 11.1 Å².